The second-order valence-corrected chi connectivity index (χ2v) is 9.84. The fourth-order valence-corrected chi connectivity index (χ4v) is 5.96. The van der Waals surface area contributed by atoms with E-state index in [-0.39, 0.29) is 24.8 Å². The highest BCUT2D eigenvalue weighted by Gasteiger charge is 2.64. The molecule has 1 N–H and O–H groups in total. The number of non-ortho nitro benzene ring substituents is 1. The van der Waals surface area contributed by atoms with Gasteiger partial charge in [-0.1, -0.05) is 0 Å². The Balaban J connectivity index is 1.62. The number of nitrogens with one attached hydrogen (secondary N) is 1. The molecule has 0 aromatic heterocycles. The smallest absolute Gasteiger partial charge is 0.331 e. The van der Waals surface area contributed by atoms with E-state index in [9.17, 15) is 24.5 Å². The topological polar surface area (TPSA) is 141 Å². The number of barbiturate groups is 1. The molecule has 2 aromatic rings. The molecular formula is C26H28N4O8. The maximum Gasteiger partial charge on any atom is 0.331 e. The van der Waals surface area contributed by atoms with Crippen molar-refractivity contribution in [1.29, 1.82) is 0 Å². The van der Waals surface area contributed by atoms with E-state index in [1.54, 1.807) is 31.2 Å². The van der Waals surface area contributed by atoms with Crippen LogP contribution in [-0.4, -0.2) is 66.7 Å². The van der Waals surface area contributed by atoms with Crippen molar-refractivity contribution in [2.45, 2.75) is 45.1 Å². The first-order chi connectivity index (χ1) is 18.1. The van der Waals surface area contributed by atoms with Crippen molar-refractivity contribution in [2.75, 3.05) is 25.7 Å². The third kappa shape index (κ3) is 3.92. The number of nitro benzene ring substituents is 1. The Morgan fingerprint density at radius 3 is 2.42 bits per heavy atom. The Labute approximate surface area is 218 Å². The Bertz CT molecular complexity index is 1320. The van der Waals surface area contributed by atoms with Gasteiger partial charge in [0.15, 0.2) is 5.41 Å². The highest BCUT2D eigenvalue weighted by molar-refractivity contribution is 6.20. The van der Waals surface area contributed by atoms with Crippen molar-refractivity contribution in [1.82, 2.24) is 10.2 Å². The van der Waals surface area contributed by atoms with E-state index in [1.165, 1.54) is 26.4 Å². The summed E-state index contributed by atoms with van der Waals surface area (Å²) in [5.74, 6) is -0.485. The minimum absolute atomic E-state index is 0.122. The van der Waals surface area contributed by atoms with Crippen LogP contribution in [0.5, 0.6) is 11.5 Å². The second-order valence-electron chi connectivity index (χ2n) is 9.84. The Kier molecular flexibility index (Phi) is 6.22. The molecule has 4 amide bonds. The summed E-state index contributed by atoms with van der Waals surface area (Å²) < 4.78 is 16.7. The molecule has 38 heavy (non-hydrogen) atoms. The number of rotatable bonds is 5. The van der Waals surface area contributed by atoms with Crippen LogP contribution < -0.4 is 19.7 Å². The number of carbonyl (C=O) groups is 3. The molecule has 2 aromatic carbocycles. The molecule has 200 valence electrons. The van der Waals surface area contributed by atoms with Crippen molar-refractivity contribution in [3.05, 3.63) is 57.6 Å². The van der Waals surface area contributed by atoms with Gasteiger partial charge in [-0.15, -0.1) is 0 Å². The second kappa shape index (κ2) is 9.28. The molecule has 3 aliphatic rings. The van der Waals surface area contributed by atoms with E-state index < -0.39 is 40.3 Å². The molecule has 0 radical (unpaired) electrons. The average molecular weight is 525 g/mol. The lowest BCUT2D eigenvalue weighted by Gasteiger charge is -2.56. The minimum atomic E-state index is -1.75. The van der Waals surface area contributed by atoms with Crippen molar-refractivity contribution in [3.63, 3.8) is 0 Å². The van der Waals surface area contributed by atoms with Gasteiger partial charge in [-0.25, -0.2) is 4.79 Å². The first-order valence-electron chi connectivity index (χ1n) is 12.2. The predicted octanol–water partition coefficient (Wildman–Crippen LogP) is 2.42. The zero-order chi connectivity index (χ0) is 27.4. The van der Waals surface area contributed by atoms with Crippen LogP contribution in [0.2, 0.25) is 0 Å². The van der Waals surface area contributed by atoms with Crippen molar-refractivity contribution in [2.24, 2.45) is 5.41 Å². The predicted molar refractivity (Wildman–Crippen MR) is 134 cm³/mol. The van der Waals surface area contributed by atoms with E-state index in [2.05, 4.69) is 5.32 Å². The molecule has 0 saturated carbocycles. The van der Waals surface area contributed by atoms with Gasteiger partial charge >= 0.3 is 6.03 Å². The zero-order valence-electron chi connectivity index (χ0n) is 21.4. The molecule has 2 fully saturated rings. The number of urea groups is 1. The molecule has 12 nitrogen and oxygen atoms in total. The number of nitrogens with zero attached hydrogens (tertiary/aromatic N) is 3. The molecule has 0 unspecified atom stereocenters. The number of carbonyl (C=O) groups excluding carboxylic acids is 3. The van der Waals surface area contributed by atoms with E-state index in [0.717, 1.165) is 4.90 Å². The van der Waals surface area contributed by atoms with Gasteiger partial charge in [0, 0.05) is 36.9 Å². The molecule has 2 saturated heterocycles. The lowest BCUT2D eigenvalue weighted by atomic mass is 9.66. The molecule has 5 rings (SSSR count). The van der Waals surface area contributed by atoms with Crippen LogP contribution in [0.4, 0.5) is 16.2 Å². The number of methoxy groups -OCH3 is 2. The summed E-state index contributed by atoms with van der Waals surface area (Å²) in [4.78, 5) is 54.9. The first kappa shape index (κ1) is 25.5. The fraction of sp³-hybridized carbons (Fsp3) is 0.423. The molecule has 4 atom stereocenters. The normalized spacial score (nSPS) is 26.5. The number of imide groups is 2. The van der Waals surface area contributed by atoms with Crippen LogP contribution in [-0.2, 0) is 27.3 Å². The number of hydrogen-bond donors (Lipinski definition) is 1. The van der Waals surface area contributed by atoms with Gasteiger partial charge in [-0.3, -0.25) is 29.9 Å². The monoisotopic (exact) mass is 524 g/mol. The summed E-state index contributed by atoms with van der Waals surface area (Å²) in [5, 5.41) is 13.9. The lowest BCUT2D eigenvalue weighted by Crippen LogP contribution is -2.75. The highest BCUT2D eigenvalue weighted by atomic mass is 16.6. The van der Waals surface area contributed by atoms with Crippen LogP contribution in [0.3, 0.4) is 0 Å². The Morgan fingerprint density at radius 1 is 1.11 bits per heavy atom. The van der Waals surface area contributed by atoms with Gasteiger partial charge in [0.05, 0.1) is 43.9 Å². The molecular weight excluding hydrogens is 496 g/mol. The van der Waals surface area contributed by atoms with E-state index in [0.29, 0.717) is 34.9 Å². The largest absolute Gasteiger partial charge is 0.497 e. The molecule has 3 aliphatic heterocycles. The standard InChI is InChI=1S/C26H28N4O8/c1-14-12-28-21-6-5-18(30(34)35)9-17(21)11-26(22(28)15(2)38-14)23(31)27-25(33)29(24(26)32)13-16-7-19(36-3)10-20(8-16)37-4/h5-10,14-15,22H,11-13H2,1-4H3,(H,27,31,33)/t14-,15-,22+,26+/m0/s1. The molecule has 12 heteroatoms. The molecule has 3 heterocycles. The van der Waals surface area contributed by atoms with Crippen molar-refractivity contribution >= 4 is 29.2 Å². The number of benzene rings is 2. The van der Waals surface area contributed by atoms with Crippen LogP contribution in [0.1, 0.15) is 25.0 Å². The quantitative estimate of drug-likeness (QED) is 0.355. The summed E-state index contributed by atoms with van der Waals surface area (Å²) in [6.45, 7) is 3.89. The number of hydrogen-bond acceptors (Lipinski definition) is 9. The summed E-state index contributed by atoms with van der Waals surface area (Å²) in [6, 6.07) is 7.88. The van der Waals surface area contributed by atoms with Gasteiger partial charge in [-0.2, -0.15) is 0 Å². The van der Waals surface area contributed by atoms with Crippen LogP contribution in [0.15, 0.2) is 36.4 Å². The summed E-state index contributed by atoms with van der Waals surface area (Å²) in [7, 11) is 2.98. The number of anilines is 1. The highest BCUT2D eigenvalue weighted by Crippen LogP contribution is 2.48. The van der Waals surface area contributed by atoms with Crippen LogP contribution >= 0.6 is 0 Å². The molecule has 0 bridgehead atoms. The molecule has 1 spiro atoms. The minimum Gasteiger partial charge on any atom is -0.497 e. The van der Waals surface area contributed by atoms with Gasteiger partial charge in [0.1, 0.15) is 11.5 Å². The lowest BCUT2D eigenvalue weighted by molar-refractivity contribution is -0.384. The van der Waals surface area contributed by atoms with Gasteiger partial charge < -0.3 is 19.1 Å². The summed E-state index contributed by atoms with van der Waals surface area (Å²) >= 11 is 0. The van der Waals surface area contributed by atoms with Gasteiger partial charge in [0.25, 0.3) is 5.69 Å². The number of nitro groups is 1. The van der Waals surface area contributed by atoms with Crippen LogP contribution in [0.25, 0.3) is 0 Å². The Morgan fingerprint density at radius 2 is 1.79 bits per heavy atom. The van der Waals surface area contributed by atoms with Gasteiger partial charge in [-0.05, 0) is 43.2 Å². The Hall–Kier alpha value is -4.19. The van der Waals surface area contributed by atoms with Gasteiger partial charge in [0.2, 0.25) is 11.8 Å². The van der Waals surface area contributed by atoms with Crippen molar-refractivity contribution in [3.8, 4) is 11.5 Å². The fourth-order valence-electron chi connectivity index (χ4n) is 5.96. The maximum atomic E-state index is 14.3. The molecule has 0 aliphatic carbocycles. The average Bonchev–Trinajstić information content (AvgIpc) is 2.88. The summed E-state index contributed by atoms with van der Waals surface area (Å²) in [6.07, 6.45) is -0.893. The van der Waals surface area contributed by atoms with E-state index in [1.807, 2.05) is 11.8 Å². The SMILES string of the molecule is COc1cc(CN2C(=O)NC(=O)[C@]3(Cc4cc([N+](=O)[O-])ccc4N4C[C@H](C)O[C@@H](C)[C@@H]43)C2=O)cc(OC)c1. The third-order valence-electron chi connectivity index (χ3n) is 7.49. The number of fused-ring (bicyclic) bond motifs is 4. The number of amides is 4. The summed E-state index contributed by atoms with van der Waals surface area (Å²) in [5.41, 5.74) is -0.155. The van der Waals surface area contributed by atoms with Crippen LogP contribution in [0, 0.1) is 15.5 Å². The number of ether oxygens (including phenoxy) is 3. The first-order valence-corrected chi connectivity index (χ1v) is 12.2. The maximum absolute atomic E-state index is 14.3. The van der Waals surface area contributed by atoms with E-state index >= 15 is 0 Å². The third-order valence-corrected chi connectivity index (χ3v) is 7.49. The zero-order valence-corrected chi connectivity index (χ0v) is 21.4. The number of morpholine rings is 1. The van der Waals surface area contributed by atoms with E-state index in [4.69, 9.17) is 14.2 Å². The van der Waals surface area contributed by atoms with Crippen molar-refractivity contribution < 1.29 is 33.5 Å².